The van der Waals surface area contributed by atoms with Crippen molar-refractivity contribution in [2.24, 2.45) is 11.8 Å². The van der Waals surface area contributed by atoms with Crippen LogP contribution in [0.1, 0.15) is 43.7 Å². The molecular weight excluding hydrogens is 436 g/mol. The molecule has 182 valence electrons. The lowest BCUT2D eigenvalue weighted by atomic mass is 9.96. The van der Waals surface area contributed by atoms with Crippen LogP contribution in [0.25, 0.3) is 11.1 Å². The number of hydrogen-bond donors (Lipinski definition) is 4. The Kier molecular flexibility index (Phi) is 8.65. The number of aliphatic hydroxyl groups excluding tert-OH is 1. The monoisotopic (exact) mass is 468 g/mol. The van der Waals surface area contributed by atoms with Gasteiger partial charge in [0.1, 0.15) is 6.61 Å². The topological polar surface area (TPSA) is 125 Å². The Labute approximate surface area is 199 Å². The Morgan fingerprint density at radius 2 is 1.56 bits per heavy atom. The molecule has 0 saturated heterocycles. The average molecular weight is 469 g/mol. The van der Waals surface area contributed by atoms with E-state index in [1.165, 1.54) is 0 Å². The molecule has 4 N–H and O–H groups in total. The van der Waals surface area contributed by atoms with E-state index in [0.717, 1.165) is 22.3 Å². The first-order valence-electron chi connectivity index (χ1n) is 11.5. The number of carboxylic acid groups (broad SMARTS) is 1. The van der Waals surface area contributed by atoms with Gasteiger partial charge in [0.05, 0.1) is 5.92 Å². The standard InChI is InChI=1S/C26H32N2O6/c1-16(2)13-17(24(30)27-12-11-23(29)25(31)32)14-28-26(33)34-15-22-20-9-5-3-7-18(20)19-8-4-6-10-21(19)22/h3-10,16-17,22-23,29H,11-15H2,1-2H3,(H,27,30)(H,28,33)(H,31,32). The smallest absolute Gasteiger partial charge is 0.407 e. The molecule has 2 atom stereocenters. The van der Waals surface area contributed by atoms with Crippen LogP contribution in [0.2, 0.25) is 0 Å². The lowest BCUT2D eigenvalue weighted by molar-refractivity contribution is -0.147. The summed E-state index contributed by atoms with van der Waals surface area (Å²) in [5.74, 6) is -1.96. The lowest BCUT2D eigenvalue weighted by Gasteiger charge is -2.20. The highest BCUT2D eigenvalue weighted by Crippen LogP contribution is 2.44. The van der Waals surface area contributed by atoms with E-state index in [1.807, 2.05) is 50.2 Å². The van der Waals surface area contributed by atoms with Crippen molar-refractivity contribution in [2.75, 3.05) is 19.7 Å². The number of carboxylic acids is 1. The number of alkyl carbamates (subject to hydrolysis) is 1. The average Bonchev–Trinajstić information content (AvgIpc) is 3.13. The van der Waals surface area contributed by atoms with Crippen molar-refractivity contribution in [3.05, 3.63) is 59.7 Å². The van der Waals surface area contributed by atoms with Gasteiger partial charge in [0.25, 0.3) is 0 Å². The van der Waals surface area contributed by atoms with Gasteiger partial charge < -0.3 is 25.6 Å². The van der Waals surface area contributed by atoms with Crippen LogP contribution >= 0.6 is 0 Å². The number of nitrogens with one attached hydrogen (secondary N) is 2. The fraction of sp³-hybridized carbons (Fsp3) is 0.423. The molecule has 0 aliphatic heterocycles. The molecule has 0 heterocycles. The summed E-state index contributed by atoms with van der Waals surface area (Å²) >= 11 is 0. The number of ether oxygens (including phenoxy) is 1. The van der Waals surface area contributed by atoms with Gasteiger partial charge in [0.15, 0.2) is 6.10 Å². The van der Waals surface area contributed by atoms with Crippen molar-refractivity contribution in [1.29, 1.82) is 0 Å². The van der Waals surface area contributed by atoms with Gasteiger partial charge in [-0.15, -0.1) is 0 Å². The largest absolute Gasteiger partial charge is 0.479 e. The molecule has 2 amide bonds. The summed E-state index contributed by atoms with van der Waals surface area (Å²) < 4.78 is 5.53. The molecule has 0 aromatic heterocycles. The van der Waals surface area contributed by atoms with Gasteiger partial charge in [0.2, 0.25) is 5.91 Å². The second kappa shape index (κ2) is 11.7. The van der Waals surface area contributed by atoms with E-state index in [1.54, 1.807) is 0 Å². The van der Waals surface area contributed by atoms with E-state index < -0.39 is 24.1 Å². The van der Waals surface area contributed by atoms with Crippen molar-refractivity contribution < 1.29 is 29.3 Å². The maximum Gasteiger partial charge on any atom is 0.407 e. The van der Waals surface area contributed by atoms with Crippen LogP contribution in [0.4, 0.5) is 4.79 Å². The minimum absolute atomic E-state index is 0.0336. The summed E-state index contributed by atoms with van der Waals surface area (Å²) in [5, 5.41) is 23.4. The maximum absolute atomic E-state index is 12.6. The molecule has 2 unspecified atom stereocenters. The molecule has 0 radical (unpaired) electrons. The number of carbonyl (C=O) groups excluding carboxylic acids is 2. The summed E-state index contributed by atoms with van der Waals surface area (Å²) in [4.78, 5) is 35.7. The number of benzene rings is 2. The van der Waals surface area contributed by atoms with E-state index in [0.29, 0.717) is 6.42 Å². The van der Waals surface area contributed by atoms with Gasteiger partial charge in [0, 0.05) is 25.4 Å². The SMILES string of the molecule is CC(C)CC(CNC(=O)OCC1c2ccccc2-c2ccccc21)C(=O)NCCC(O)C(=O)O. The second-order valence-corrected chi connectivity index (χ2v) is 8.97. The first kappa shape index (κ1) is 25.2. The van der Waals surface area contributed by atoms with Crippen LogP contribution in [0.3, 0.4) is 0 Å². The molecule has 0 fully saturated rings. The molecule has 3 rings (SSSR count). The number of fused-ring (bicyclic) bond motifs is 3. The van der Waals surface area contributed by atoms with Gasteiger partial charge in [-0.1, -0.05) is 62.4 Å². The van der Waals surface area contributed by atoms with Crippen LogP contribution < -0.4 is 10.6 Å². The Hall–Kier alpha value is -3.39. The number of carbonyl (C=O) groups is 3. The van der Waals surface area contributed by atoms with Crippen molar-refractivity contribution >= 4 is 18.0 Å². The lowest BCUT2D eigenvalue weighted by Crippen LogP contribution is -2.41. The molecule has 8 nitrogen and oxygen atoms in total. The van der Waals surface area contributed by atoms with E-state index in [4.69, 9.17) is 9.84 Å². The Balaban J connectivity index is 1.53. The molecule has 8 heteroatoms. The van der Waals surface area contributed by atoms with Crippen molar-refractivity contribution in [3.8, 4) is 11.1 Å². The zero-order valence-corrected chi connectivity index (χ0v) is 19.5. The highest BCUT2D eigenvalue weighted by atomic mass is 16.5. The quantitative estimate of drug-likeness (QED) is 0.402. The van der Waals surface area contributed by atoms with E-state index >= 15 is 0 Å². The summed E-state index contributed by atoms with van der Waals surface area (Å²) in [6.07, 6.45) is -1.67. The molecule has 1 aliphatic carbocycles. The van der Waals surface area contributed by atoms with E-state index in [2.05, 4.69) is 22.8 Å². The molecule has 0 spiro atoms. The van der Waals surface area contributed by atoms with Gasteiger partial charge in [-0.3, -0.25) is 4.79 Å². The fourth-order valence-electron chi connectivity index (χ4n) is 4.31. The molecule has 0 saturated carbocycles. The summed E-state index contributed by atoms with van der Waals surface area (Å²) in [7, 11) is 0. The van der Waals surface area contributed by atoms with Gasteiger partial charge in [-0.2, -0.15) is 0 Å². The minimum atomic E-state index is -1.53. The van der Waals surface area contributed by atoms with E-state index in [-0.39, 0.29) is 43.9 Å². The number of aliphatic carboxylic acids is 1. The molecule has 0 bridgehead atoms. The van der Waals surface area contributed by atoms with Crippen LogP contribution in [0.15, 0.2) is 48.5 Å². The molecule has 34 heavy (non-hydrogen) atoms. The van der Waals surface area contributed by atoms with E-state index in [9.17, 15) is 19.5 Å². The van der Waals surface area contributed by atoms with Crippen molar-refractivity contribution in [2.45, 2.75) is 38.7 Å². The van der Waals surface area contributed by atoms with Crippen LogP contribution in [-0.4, -0.2) is 54.0 Å². The van der Waals surface area contributed by atoms with Crippen LogP contribution in [0, 0.1) is 11.8 Å². The van der Waals surface area contributed by atoms with Gasteiger partial charge in [-0.05, 0) is 34.6 Å². The summed E-state index contributed by atoms with van der Waals surface area (Å²) in [6.45, 7) is 4.27. The number of hydrogen-bond acceptors (Lipinski definition) is 5. The normalized spacial score (nSPS) is 14.1. The third-order valence-electron chi connectivity index (χ3n) is 5.97. The Morgan fingerprint density at radius 1 is 0.971 bits per heavy atom. The van der Waals surface area contributed by atoms with Gasteiger partial charge in [-0.25, -0.2) is 9.59 Å². The number of amides is 2. The fourth-order valence-corrected chi connectivity index (χ4v) is 4.31. The molecule has 1 aliphatic rings. The van der Waals surface area contributed by atoms with Crippen molar-refractivity contribution in [1.82, 2.24) is 10.6 Å². The maximum atomic E-state index is 12.6. The summed E-state index contributed by atoms with van der Waals surface area (Å²) in [5.41, 5.74) is 4.54. The first-order chi connectivity index (χ1) is 16.3. The predicted molar refractivity (Wildman–Crippen MR) is 127 cm³/mol. The zero-order valence-electron chi connectivity index (χ0n) is 19.5. The zero-order chi connectivity index (χ0) is 24.7. The highest BCUT2D eigenvalue weighted by molar-refractivity contribution is 5.80. The number of aliphatic hydroxyl groups is 1. The predicted octanol–water partition coefficient (Wildman–Crippen LogP) is 3.14. The first-order valence-corrected chi connectivity index (χ1v) is 11.5. The molecule has 2 aromatic carbocycles. The third kappa shape index (κ3) is 6.35. The van der Waals surface area contributed by atoms with Crippen LogP contribution in [-0.2, 0) is 14.3 Å². The minimum Gasteiger partial charge on any atom is -0.479 e. The van der Waals surface area contributed by atoms with Crippen LogP contribution in [0.5, 0.6) is 0 Å². The highest BCUT2D eigenvalue weighted by Gasteiger charge is 2.29. The van der Waals surface area contributed by atoms with Gasteiger partial charge >= 0.3 is 12.1 Å². The van der Waals surface area contributed by atoms with Crippen molar-refractivity contribution in [3.63, 3.8) is 0 Å². The summed E-state index contributed by atoms with van der Waals surface area (Å²) in [6, 6.07) is 16.2. The Bertz CT molecular complexity index is 976. The number of rotatable bonds is 11. The Morgan fingerprint density at radius 3 is 2.12 bits per heavy atom. The molecule has 2 aromatic rings. The molecular formula is C26H32N2O6. The second-order valence-electron chi connectivity index (χ2n) is 8.97. The third-order valence-corrected chi connectivity index (χ3v) is 5.97.